The van der Waals surface area contributed by atoms with Gasteiger partial charge in [-0.05, 0) is 43.2 Å². The second kappa shape index (κ2) is 7.25. The first-order valence-electron chi connectivity index (χ1n) is 8.72. The maximum Gasteiger partial charge on any atom is 0.258 e. The van der Waals surface area contributed by atoms with Crippen molar-refractivity contribution in [2.45, 2.75) is 12.8 Å². The Kier molecular flexibility index (Phi) is 4.75. The molecule has 0 fully saturated rings. The number of anilines is 1. The zero-order valence-corrected chi connectivity index (χ0v) is 15.8. The van der Waals surface area contributed by atoms with Crippen LogP contribution in [0.25, 0.3) is 11.0 Å². The third-order valence-corrected chi connectivity index (χ3v) is 6.10. The zero-order valence-electron chi connectivity index (χ0n) is 14.9. The normalized spacial score (nSPS) is 14.1. The highest BCUT2D eigenvalue weighted by Gasteiger charge is 2.26. The Morgan fingerprint density at radius 1 is 1.21 bits per heavy atom. The van der Waals surface area contributed by atoms with E-state index in [0.717, 1.165) is 12.1 Å². The van der Waals surface area contributed by atoms with Crippen LogP contribution in [0.15, 0.2) is 59.8 Å². The lowest BCUT2D eigenvalue weighted by Crippen LogP contribution is -2.18. The number of sulfonamides is 1. The minimum absolute atomic E-state index is 0.0334. The van der Waals surface area contributed by atoms with Crippen molar-refractivity contribution >= 4 is 32.5 Å². The Bertz CT molecular complexity index is 1290. The summed E-state index contributed by atoms with van der Waals surface area (Å²) in [5, 5.41) is 0.404. The molecule has 2 aromatic heterocycles. The van der Waals surface area contributed by atoms with Crippen molar-refractivity contribution in [2.75, 3.05) is 4.72 Å². The van der Waals surface area contributed by atoms with Gasteiger partial charge in [-0.25, -0.2) is 22.2 Å². The van der Waals surface area contributed by atoms with Crippen molar-refractivity contribution in [3.8, 4) is 0 Å². The summed E-state index contributed by atoms with van der Waals surface area (Å²) in [7, 11) is -4.03. The van der Waals surface area contributed by atoms with Gasteiger partial charge < -0.3 is 4.98 Å². The molecule has 0 saturated carbocycles. The van der Waals surface area contributed by atoms with E-state index >= 15 is 4.39 Å². The molecule has 29 heavy (non-hydrogen) atoms. The molecule has 0 amide bonds. The number of hydrogen-bond acceptors (Lipinski definition) is 4. The van der Waals surface area contributed by atoms with Gasteiger partial charge in [0, 0.05) is 23.3 Å². The third kappa shape index (κ3) is 3.44. The van der Waals surface area contributed by atoms with E-state index in [1.54, 1.807) is 18.2 Å². The summed E-state index contributed by atoms with van der Waals surface area (Å²) in [6.45, 7) is 0. The van der Waals surface area contributed by atoms with Crippen molar-refractivity contribution in [3.05, 3.63) is 82.6 Å². The summed E-state index contributed by atoms with van der Waals surface area (Å²) < 4.78 is 56.5. The number of rotatable bonds is 5. The number of hydrogen-bond donors (Lipinski definition) is 2. The molecule has 6 nitrogen and oxygen atoms in total. The molecule has 0 radical (unpaired) electrons. The average molecular weight is 415 g/mol. The quantitative estimate of drug-likeness (QED) is 0.615. The SMILES string of the molecule is O=C(c1c(F)ccc(NS(=O)(=O)C2=CC=CCC2)c1F)c1c[nH]c2ncccc12. The standard InChI is InChI=1S/C20H15F2N3O3S/c21-15-8-9-16(25-29(27,28)12-5-2-1-3-6-12)18(22)17(15)19(26)14-11-24-20-13(14)7-4-10-23-20/h1-2,4-5,7-11,25H,3,6H2,(H,23,24). The number of halogens is 2. The van der Waals surface area contributed by atoms with Crippen molar-refractivity contribution in [1.29, 1.82) is 0 Å². The van der Waals surface area contributed by atoms with Crippen LogP contribution in [0.4, 0.5) is 14.5 Å². The second-order valence-electron chi connectivity index (χ2n) is 6.42. The Balaban J connectivity index is 1.75. The Hall–Kier alpha value is -3.33. The monoisotopic (exact) mass is 415 g/mol. The van der Waals surface area contributed by atoms with E-state index in [0.29, 0.717) is 17.5 Å². The summed E-state index contributed by atoms with van der Waals surface area (Å²) in [6, 6.07) is 5.00. The fourth-order valence-electron chi connectivity index (χ4n) is 3.13. The van der Waals surface area contributed by atoms with Crippen LogP contribution in [-0.4, -0.2) is 24.2 Å². The molecule has 0 bridgehead atoms. The van der Waals surface area contributed by atoms with Gasteiger partial charge in [0.05, 0.1) is 16.2 Å². The Morgan fingerprint density at radius 3 is 2.79 bits per heavy atom. The molecule has 148 valence electrons. The van der Waals surface area contributed by atoms with E-state index < -0.39 is 38.7 Å². The van der Waals surface area contributed by atoms with Gasteiger partial charge in [-0.15, -0.1) is 0 Å². The van der Waals surface area contributed by atoms with Crippen molar-refractivity contribution in [2.24, 2.45) is 0 Å². The first-order chi connectivity index (χ1) is 13.9. The number of nitrogens with one attached hydrogen (secondary N) is 2. The van der Waals surface area contributed by atoms with Gasteiger partial charge in [-0.3, -0.25) is 9.52 Å². The van der Waals surface area contributed by atoms with E-state index in [1.807, 2.05) is 6.08 Å². The molecular weight excluding hydrogens is 400 g/mol. The Labute approximate surface area is 165 Å². The summed E-state index contributed by atoms with van der Waals surface area (Å²) in [6.07, 6.45) is 8.45. The van der Waals surface area contributed by atoms with Gasteiger partial charge in [0.25, 0.3) is 10.0 Å². The molecule has 1 aromatic carbocycles. The van der Waals surface area contributed by atoms with Crippen LogP contribution in [0, 0.1) is 11.6 Å². The number of benzene rings is 1. The van der Waals surface area contributed by atoms with Crippen LogP contribution in [0.5, 0.6) is 0 Å². The molecule has 2 N–H and O–H groups in total. The van der Waals surface area contributed by atoms with Gasteiger partial charge >= 0.3 is 0 Å². The zero-order chi connectivity index (χ0) is 20.6. The highest BCUT2D eigenvalue weighted by Crippen LogP contribution is 2.29. The molecule has 2 heterocycles. The smallest absolute Gasteiger partial charge is 0.258 e. The molecule has 4 rings (SSSR count). The van der Waals surface area contributed by atoms with Crippen LogP contribution in [0.2, 0.25) is 0 Å². The van der Waals surface area contributed by atoms with Crippen LogP contribution < -0.4 is 4.72 Å². The minimum Gasteiger partial charge on any atom is -0.345 e. The van der Waals surface area contributed by atoms with Gasteiger partial charge in [-0.1, -0.05) is 12.2 Å². The highest BCUT2D eigenvalue weighted by atomic mass is 32.2. The van der Waals surface area contributed by atoms with Gasteiger partial charge in [0.15, 0.2) is 5.82 Å². The molecule has 3 aromatic rings. The molecule has 1 aliphatic rings. The summed E-state index contributed by atoms with van der Waals surface area (Å²) >= 11 is 0. The van der Waals surface area contributed by atoms with Crippen molar-refractivity contribution in [3.63, 3.8) is 0 Å². The topological polar surface area (TPSA) is 91.9 Å². The minimum atomic E-state index is -4.03. The van der Waals surface area contributed by atoms with Crippen LogP contribution in [-0.2, 0) is 10.0 Å². The largest absolute Gasteiger partial charge is 0.345 e. The predicted molar refractivity (Wildman–Crippen MR) is 105 cm³/mol. The maximum absolute atomic E-state index is 15.0. The lowest BCUT2D eigenvalue weighted by molar-refractivity contribution is 0.103. The first kappa shape index (κ1) is 19.0. The summed E-state index contributed by atoms with van der Waals surface area (Å²) in [4.78, 5) is 19.8. The van der Waals surface area contributed by atoms with Crippen molar-refractivity contribution < 1.29 is 22.0 Å². The van der Waals surface area contributed by atoms with E-state index in [9.17, 15) is 17.6 Å². The number of aromatic amines is 1. The third-order valence-electron chi connectivity index (χ3n) is 4.58. The van der Waals surface area contributed by atoms with Crippen LogP contribution >= 0.6 is 0 Å². The number of H-pyrrole nitrogens is 1. The number of fused-ring (bicyclic) bond motifs is 1. The average Bonchev–Trinajstić information content (AvgIpc) is 3.15. The number of carbonyl (C=O) groups excluding carboxylic acids is 1. The molecule has 0 saturated heterocycles. The first-order valence-corrected chi connectivity index (χ1v) is 10.2. The molecule has 1 aliphatic carbocycles. The number of aromatic nitrogens is 2. The molecule has 0 spiro atoms. The lowest BCUT2D eigenvalue weighted by atomic mass is 10.0. The molecule has 0 atom stereocenters. The van der Waals surface area contributed by atoms with E-state index in [1.165, 1.54) is 18.5 Å². The van der Waals surface area contributed by atoms with Gasteiger partial charge in [0.2, 0.25) is 5.78 Å². The summed E-state index contributed by atoms with van der Waals surface area (Å²) in [5.74, 6) is -3.28. The highest BCUT2D eigenvalue weighted by molar-refractivity contribution is 7.96. The van der Waals surface area contributed by atoms with Gasteiger partial charge in [0.1, 0.15) is 11.5 Å². The van der Waals surface area contributed by atoms with E-state index in [-0.39, 0.29) is 16.9 Å². The Morgan fingerprint density at radius 2 is 2.03 bits per heavy atom. The molecular formula is C20H15F2N3O3S. The number of ketones is 1. The van der Waals surface area contributed by atoms with Crippen molar-refractivity contribution in [1.82, 2.24) is 9.97 Å². The molecule has 0 aliphatic heterocycles. The second-order valence-corrected chi connectivity index (χ2v) is 8.16. The maximum atomic E-state index is 15.0. The number of pyridine rings is 1. The van der Waals surface area contributed by atoms with E-state index in [2.05, 4.69) is 14.7 Å². The molecule has 0 unspecified atom stereocenters. The number of allylic oxidation sites excluding steroid dienone is 4. The lowest BCUT2D eigenvalue weighted by Gasteiger charge is -2.14. The van der Waals surface area contributed by atoms with Gasteiger partial charge in [-0.2, -0.15) is 0 Å². The fourth-order valence-corrected chi connectivity index (χ4v) is 4.36. The summed E-state index contributed by atoms with van der Waals surface area (Å²) in [5.41, 5.74) is -0.910. The number of nitrogens with zero attached hydrogens (tertiary/aromatic N) is 1. The fraction of sp³-hybridized carbons (Fsp3) is 0.100. The van der Waals surface area contributed by atoms with E-state index in [4.69, 9.17) is 0 Å². The van der Waals surface area contributed by atoms with Crippen LogP contribution in [0.3, 0.4) is 0 Å². The van der Waals surface area contributed by atoms with Crippen LogP contribution in [0.1, 0.15) is 28.8 Å². The predicted octanol–water partition coefficient (Wildman–Crippen LogP) is 4.05. The number of carbonyl (C=O) groups is 1. The molecule has 9 heteroatoms.